The van der Waals surface area contributed by atoms with E-state index >= 15 is 0 Å². The van der Waals surface area contributed by atoms with E-state index in [2.05, 4.69) is 5.32 Å². The molecular formula is C26H30N4O3S. The summed E-state index contributed by atoms with van der Waals surface area (Å²) in [5.41, 5.74) is 5.49. The van der Waals surface area contributed by atoms with E-state index in [1.807, 2.05) is 54.1 Å². The fourth-order valence-corrected chi connectivity index (χ4v) is 6.44. The van der Waals surface area contributed by atoms with Crippen LogP contribution in [0.4, 0.5) is 0 Å². The number of aryl methyl sites for hydroxylation is 1. The third-order valence-corrected chi connectivity index (χ3v) is 8.84. The number of benzene rings is 2. The Bertz CT molecular complexity index is 1280. The molecule has 0 radical (unpaired) electrons. The van der Waals surface area contributed by atoms with E-state index in [9.17, 15) is 13.2 Å². The van der Waals surface area contributed by atoms with E-state index in [1.165, 1.54) is 15.6 Å². The number of hydrogen-bond acceptors (Lipinski definition) is 4. The number of para-hydroxylation sites is 1. The van der Waals surface area contributed by atoms with Gasteiger partial charge in [-0.1, -0.05) is 35.9 Å². The summed E-state index contributed by atoms with van der Waals surface area (Å²) >= 11 is 0. The highest BCUT2D eigenvalue weighted by atomic mass is 32.2. The average molecular weight is 479 g/mol. The van der Waals surface area contributed by atoms with E-state index in [4.69, 9.17) is 5.10 Å². The number of aromatic nitrogens is 2. The van der Waals surface area contributed by atoms with Gasteiger partial charge in [-0.15, -0.1) is 0 Å². The van der Waals surface area contributed by atoms with Gasteiger partial charge in [0, 0.05) is 24.7 Å². The van der Waals surface area contributed by atoms with Gasteiger partial charge in [0.2, 0.25) is 15.9 Å². The molecule has 1 aliphatic carbocycles. The van der Waals surface area contributed by atoms with Gasteiger partial charge in [0.1, 0.15) is 0 Å². The summed E-state index contributed by atoms with van der Waals surface area (Å²) < 4.78 is 29.4. The molecule has 1 amide bonds. The Morgan fingerprint density at radius 1 is 1.03 bits per heavy atom. The van der Waals surface area contributed by atoms with Crippen molar-refractivity contribution >= 4 is 15.9 Å². The molecular weight excluding hydrogens is 448 g/mol. The van der Waals surface area contributed by atoms with Gasteiger partial charge >= 0.3 is 0 Å². The molecule has 1 N–H and O–H groups in total. The summed E-state index contributed by atoms with van der Waals surface area (Å²) in [6, 6.07) is 17.0. The number of carbonyl (C=O) groups excluding carboxylic acids is 1. The Balaban J connectivity index is 1.20. The molecule has 2 aromatic carbocycles. The van der Waals surface area contributed by atoms with Crippen LogP contribution >= 0.6 is 0 Å². The Kier molecular flexibility index (Phi) is 6.27. The smallest absolute Gasteiger partial charge is 0.243 e. The summed E-state index contributed by atoms with van der Waals surface area (Å²) in [7, 11) is -3.52. The van der Waals surface area contributed by atoms with Gasteiger partial charge in [-0.3, -0.25) is 4.79 Å². The van der Waals surface area contributed by atoms with Crippen molar-refractivity contribution in [2.24, 2.45) is 5.92 Å². The van der Waals surface area contributed by atoms with Crippen LogP contribution in [0.5, 0.6) is 0 Å². The number of amides is 1. The molecule has 0 spiro atoms. The number of nitrogens with zero attached hydrogens (tertiary/aromatic N) is 3. The van der Waals surface area contributed by atoms with Gasteiger partial charge in [0.25, 0.3) is 0 Å². The highest BCUT2D eigenvalue weighted by Gasteiger charge is 2.32. The molecule has 0 saturated carbocycles. The number of carbonyl (C=O) groups is 1. The average Bonchev–Trinajstić information content (AvgIpc) is 3.47. The molecule has 7 nitrogen and oxygen atoms in total. The third kappa shape index (κ3) is 4.40. The van der Waals surface area contributed by atoms with Gasteiger partial charge in [-0.25, -0.2) is 13.1 Å². The maximum atomic E-state index is 12.9. The van der Waals surface area contributed by atoms with Crippen LogP contribution < -0.4 is 5.32 Å². The number of fused-ring (bicyclic) bond motifs is 1. The zero-order valence-electron chi connectivity index (χ0n) is 19.4. The second-order valence-corrected chi connectivity index (χ2v) is 11.1. The largest absolute Gasteiger partial charge is 0.350 e. The van der Waals surface area contributed by atoms with Crippen LogP contribution in [0.15, 0.2) is 59.5 Å². The van der Waals surface area contributed by atoms with E-state index < -0.39 is 10.0 Å². The molecule has 178 valence electrons. The first kappa shape index (κ1) is 22.8. The monoisotopic (exact) mass is 478 g/mol. The van der Waals surface area contributed by atoms with Gasteiger partial charge in [-0.05, 0) is 68.9 Å². The third-order valence-electron chi connectivity index (χ3n) is 6.93. The maximum Gasteiger partial charge on any atom is 0.243 e. The quantitative estimate of drug-likeness (QED) is 0.589. The van der Waals surface area contributed by atoms with Crippen LogP contribution in [0.3, 0.4) is 0 Å². The van der Waals surface area contributed by atoms with Gasteiger partial charge in [0.15, 0.2) is 0 Å². The van der Waals surface area contributed by atoms with Gasteiger partial charge in [0.05, 0.1) is 22.8 Å². The molecule has 0 atom stereocenters. The first-order chi connectivity index (χ1) is 16.4. The predicted octanol–water partition coefficient (Wildman–Crippen LogP) is 3.39. The van der Waals surface area contributed by atoms with Crippen molar-refractivity contribution in [3.63, 3.8) is 0 Å². The number of rotatable bonds is 6. The fraction of sp³-hybridized carbons (Fsp3) is 0.385. The highest BCUT2D eigenvalue weighted by Crippen LogP contribution is 2.28. The molecule has 1 fully saturated rings. The Morgan fingerprint density at radius 3 is 2.44 bits per heavy atom. The minimum Gasteiger partial charge on any atom is -0.350 e. The van der Waals surface area contributed by atoms with Crippen molar-refractivity contribution in [3.8, 4) is 5.69 Å². The van der Waals surface area contributed by atoms with Crippen molar-refractivity contribution < 1.29 is 13.2 Å². The summed E-state index contributed by atoms with van der Waals surface area (Å²) in [6.07, 6.45) is 4.14. The molecule has 1 aromatic heterocycles. The topological polar surface area (TPSA) is 84.3 Å². The molecule has 8 heteroatoms. The molecule has 2 aliphatic rings. The Morgan fingerprint density at radius 2 is 1.74 bits per heavy atom. The van der Waals surface area contributed by atoms with Crippen molar-refractivity contribution in [1.82, 2.24) is 19.4 Å². The van der Waals surface area contributed by atoms with Crippen LogP contribution in [0, 0.1) is 12.8 Å². The summed E-state index contributed by atoms with van der Waals surface area (Å²) in [6.45, 7) is 3.04. The van der Waals surface area contributed by atoms with Crippen LogP contribution in [-0.4, -0.2) is 41.5 Å². The van der Waals surface area contributed by atoms with Crippen molar-refractivity contribution in [2.45, 2.75) is 50.5 Å². The normalized spacial score (nSPS) is 17.0. The Hall–Kier alpha value is -2.97. The fourth-order valence-electron chi connectivity index (χ4n) is 4.97. The summed E-state index contributed by atoms with van der Waals surface area (Å²) in [5.74, 6) is -0.206. The standard InChI is InChI=1S/C26H30N4O3S/c1-19-10-12-22(13-11-19)34(32,33)29-16-14-20(15-17-29)26(31)27-18-24-23-8-5-9-25(23)30(28-24)21-6-3-2-4-7-21/h2-4,6-7,10-13,20H,5,8-9,14-18H2,1H3,(H,27,31). The van der Waals surface area contributed by atoms with Crippen LogP contribution in [0.2, 0.25) is 0 Å². The van der Waals surface area contributed by atoms with Gasteiger partial charge in [-0.2, -0.15) is 9.40 Å². The molecule has 0 bridgehead atoms. The zero-order chi connectivity index (χ0) is 23.7. The Labute approximate surface area is 200 Å². The zero-order valence-corrected chi connectivity index (χ0v) is 20.2. The van der Waals surface area contributed by atoms with E-state index in [1.54, 1.807) is 12.1 Å². The van der Waals surface area contributed by atoms with Gasteiger partial charge < -0.3 is 5.32 Å². The second-order valence-electron chi connectivity index (χ2n) is 9.18. The molecule has 1 saturated heterocycles. The number of hydrogen-bond donors (Lipinski definition) is 1. The minimum atomic E-state index is -3.52. The maximum absolute atomic E-state index is 12.9. The first-order valence-electron chi connectivity index (χ1n) is 11.9. The lowest BCUT2D eigenvalue weighted by molar-refractivity contribution is -0.126. The lowest BCUT2D eigenvalue weighted by Gasteiger charge is -2.30. The van der Waals surface area contributed by atoms with E-state index in [0.29, 0.717) is 37.4 Å². The van der Waals surface area contributed by atoms with Crippen LogP contribution in [0.25, 0.3) is 5.69 Å². The minimum absolute atomic E-state index is 0.0200. The lowest BCUT2D eigenvalue weighted by atomic mass is 9.97. The molecule has 1 aliphatic heterocycles. The van der Waals surface area contributed by atoms with Crippen LogP contribution in [0.1, 0.15) is 41.8 Å². The van der Waals surface area contributed by atoms with Crippen molar-refractivity contribution in [1.29, 1.82) is 0 Å². The first-order valence-corrected chi connectivity index (χ1v) is 13.4. The van der Waals surface area contributed by atoms with Crippen molar-refractivity contribution in [2.75, 3.05) is 13.1 Å². The number of piperidine rings is 1. The molecule has 3 aromatic rings. The SMILES string of the molecule is Cc1ccc(S(=O)(=O)N2CCC(C(=O)NCc3nn(-c4ccccc4)c4c3CCC4)CC2)cc1. The second kappa shape index (κ2) is 9.35. The summed E-state index contributed by atoms with van der Waals surface area (Å²) in [5, 5.41) is 7.89. The van der Waals surface area contributed by atoms with E-state index in [0.717, 1.165) is 36.2 Å². The predicted molar refractivity (Wildman–Crippen MR) is 130 cm³/mol. The van der Waals surface area contributed by atoms with E-state index in [-0.39, 0.29) is 11.8 Å². The molecule has 34 heavy (non-hydrogen) atoms. The number of sulfonamides is 1. The molecule has 5 rings (SSSR count). The summed E-state index contributed by atoms with van der Waals surface area (Å²) in [4.78, 5) is 13.2. The van der Waals surface area contributed by atoms with Crippen molar-refractivity contribution in [3.05, 3.63) is 77.1 Å². The molecule has 0 unspecified atom stereocenters. The lowest BCUT2D eigenvalue weighted by Crippen LogP contribution is -2.42. The number of nitrogens with one attached hydrogen (secondary N) is 1. The molecule has 2 heterocycles. The highest BCUT2D eigenvalue weighted by molar-refractivity contribution is 7.89. The van der Waals surface area contributed by atoms with Crippen LogP contribution in [-0.2, 0) is 34.2 Å².